The molecular weight excluding hydrogens is 262 g/mol. The number of fused-ring (bicyclic) bond motifs is 1. The van der Waals surface area contributed by atoms with Crippen molar-refractivity contribution < 1.29 is 4.74 Å². The van der Waals surface area contributed by atoms with Crippen LogP contribution >= 0.6 is 0 Å². The number of para-hydroxylation sites is 2. The molecule has 1 aliphatic rings. The zero-order chi connectivity index (χ0) is 14.7. The molecule has 2 aromatic carbocycles. The molecule has 2 aromatic rings. The van der Waals surface area contributed by atoms with E-state index in [1.807, 2.05) is 24.3 Å². The molecule has 1 aliphatic heterocycles. The lowest BCUT2D eigenvalue weighted by atomic mass is 10.2. The van der Waals surface area contributed by atoms with E-state index in [0.29, 0.717) is 6.61 Å². The summed E-state index contributed by atoms with van der Waals surface area (Å²) < 4.78 is 5.79. The van der Waals surface area contributed by atoms with Crippen molar-refractivity contribution in [1.82, 2.24) is 0 Å². The van der Waals surface area contributed by atoms with Crippen molar-refractivity contribution in [3.05, 3.63) is 48.5 Å². The van der Waals surface area contributed by atoms with Crippen LogP contribution < -0.4 is 20.3 Å². The van der Waals surface area contributed by atoms with Gasteiger partial charge in [-0.15, -0.1) is 0 Å². The van der Waals surface area contributed by atoms with Gasteiger partial charge in [0.25, 0.3) is 0 Å². The summed E-state index contributed by atoms with van der Waals surface area (Å²) >= 11 is 0. The summed E-state index contributed by atoms with van der Waals surface area (Å²) in [5, 5.41) is 0. The zero-order valence-electron chi connectivity index (χ0n) is 12.3. The van der Waals surface area contributed by atoms with Crippen molar-refractivity contribution in [1.29, 1.82) is 0 Å². The van der Waals surface area contributed by atoms with E-state index in [1.165, 1.54) is 11.4 Å². The number of hydrogen-bond donors (Lipinski definition) is 1. The molecule has 1 heterocycles. The summed E-state index contributed by atoms with van der Waals surface area (Å²) in [4.78, 5) is 4.68. The average Bonchev–Trinajstić information content (AvgIpc) is 2.52. The lowest BCUT2D eigenvalue weighted by Crippen LogP contribution is -2.41. The quantitative estimate of drug-likeness (QED) is 0.876. The predicted octanol–water partition coefficient (Wildman–Crippen LogP) is 2.60. The van der Waals surface area contributed by atoms with E-state index in [4.69, 9.17) is 10.5 Å². The van der Waals surface area contributed by atoms with Gasteiger partial charge in [0.1, 0.15) is 12.4 Å². The molecule has 4 nitrogen and oxygen atoms in total. The highest BCUT2D eigenvalue weighted by Gasteiger charge is 2.19. The van der Waals surface area contributed by atoms with Gasteiger partial charge in [0.15, 0.2) is 0 Å². The van der Waals surface area contributed by atoms with E-state index < -0.39 is 0 Å². The number of hydrogen-bond acceptors (Lipinski definition) is 4. The van der Waals surface area contributed by atoms with E-state index in [0.717, 1.165) is 31.1 Å². The Bertz CT molecular complexity index is 597. The van der Waals surface area contributed by atoms with Crippen LogP contribution in [0.4, 0.5) is 17.1 Å². The third kappa shape index (κ3) is 3.05. The topological polar surface area (TPSA) is 41.7 Å². The number of nitrogens with two attached hydrogens (primary N) is 1. The highest BCUT2D eigenvalue weighted by Crippen LogP contribution is 2.31. The van der Waals surface area contributed by atoms with Crippen molar-refractivity contribution >= 4 is 17.1 Å². The number of benzene rings is 2. The van der Waals surface area contributed by atoms with Crippen LogP contribution in [0.15, 0.2) is 48.5 Å². The lowest BCUT2D eigenvalue weighted by Gasteiger charge is -2.36. The van der Waals surface area contributed by atoms with Gasteiger partial charge in [-0.25, -0.2) is 0 Å². The van der Waals surface area contributed by atoms with Crippen molar-refractivity contribution in [2.24, 2.45) is 0 Å². The second kappa shape index (κ2) is 5.95. The molecular formula is C17H21N3O. The number of nitrogens with zero attached hydrogens (tertiary/aromatic N) is 2. The number of nitrogen functional groups attached to an aromatic ring is 1. The maximum atomic E-state index is 5.79. The fourth-order valence-electron chi connectivity index (χ4n) is 2.64. The number of ether oxygens (including phenoxy) is 1. The molecule has 3 rings (SSSR count). The smallest absolute Gasteiger partial charge is 0.119 e. The Labute approximate surface area is 125 Å². The van der Waals surface area contributed by atoms with Gasteiger partial charge >= 0.3 is 0 Å². The van der Waals surface area contributed by atoms with E-state index >= 15 is 0 Å². The van der Waals surface area contributed by atoms with Gasteiger partial charge in [-0.3, -0.25) is 0 Å². The first-order chi connectivity index (χ1) is 10.2. The number of likely N-dealkylation sites (N-methyl/N-ethyl adjacent to an activating group) is 1. The van der Waals surface area contributed by atoms with Crippen LogP contribution in [-0.2, 0) is 0 Å². The Balaban J connectivity index is 1.61. The largest absolute Gasteiger partial charge is 0.492 e. The SMILES string of the molecule is CN1CCN(CCOc2ccc(N)cc2)c2ccccc21. The second-order valence-electron chi connectivity index (χ2n) is 5.31. The van der Waals surface area contributed by atoms with Crippen molar-refractivity contribution in [3.8, 4) is 5.75 Å². The average molecular weight is 283 g/mol. The zero-order valence-corrected chi connectivity index (χ0v) is 12.3. The van der Waals surface area contributed by atoms with Gasteiger partial charge in [-0.05, 0) is 36.4 Å². The van der Waals surface area contributed by atoms with Crippen molar-refractivity contribution in [3.63, 3.8) is 0 Å². The fraction of sp³-hybridized carbons (Fsp3) is 0.294. The Morgan fingerprint density at radius 3 is 2.48 bits per heavy atom. The van der Waals surface area contributed by atoms with E-state index in [1.54, 1.807) is 0 Å². The summed E-state index contributed by atoms with van der Waals surface area (Å²) in [5.74, 6) is 0.867. The minimum Gasteiger partial charge on any atom is -0.492 e. The summed E-state index contributed by atoms with van der Waals surface area (Å²) in [6.45, 7) is 3.62. The van der Waals surface area contributed by atoms with Gasteiger partial charge in [0.05, 0.1) is 17.9 Å². The summed E-state index contributed by atoms with van der Waals surface area (Å²) in [6, 6.07) is 16.1. The molecule has 0 bridgehead atoms. The normalized spacial score (nSPS) is 14.0. The van der Waals surface area contributed by atoms with Gasteiger partial charge in [0, 0.05) is 25.8 Å². The summed E-state index contributed by atoms with van der Waals surface area (Å²) in [6.07, 6.45) is 0. The second-order valence-corrected chi connectivity index (χ2v) is 5.31. The molecule has 0 aliphatic carbocycles. The van der Waals surface area contributed by atoms with Crippen LogP contribution in [0.25, 0.3) is 0 Å². The first kappa shape index (κ1) is 13.6. The van der Waals surface area contributed by atoms with Crippen LogP contribution in [-0.4, -0.2) is 33.3 Å². The molecule has 0 amide bonds. The Morgan fingerprint density at radius 2 is 1.71 bits per heavy atom. The van der Waals surface area contributed by atoms with Crippen LogP contribution in [0.5, 0.6) is 5.75 Å². The Kier molecular flexibility index (Phi) is 3.86. The third-order valence-electron chi connectivity index (χ3n) is 3.85. The molecule has 110 valence electrons. The summed E-state index contributed by atoms with van der Waals surface area (Å²) in [5.41, 5.74) is 9.00. The molecule has 0 spiro atoms. The molecule has 2 N–H and O–H groups in total. The molecule has 0 radical (unpaired) electrons. The van der Waals surface area contributed by atoms with Crippen LogP contribution in [0.3, 0.4) is 0 Å². The first-order valence-electron chi connectivity index (χ1n) is 7.27. The summed E-state index contributed by atoms with van der Waals surface area (Å²) in [7, 11) is 2.14. The van der Waals surface area contributed by atoms with Crippen molar-refractivity contribution in [2.45, 2.75) is 0 Å². The van der Waals surface area contributed by atoms with E-state index in [-0.39, 0.29) is 0 Å². The lowest BCUT2D eigenvalue weighted by molar-refractivity contribution is 0.323. The molecule has 0 unspecified atom stereocenters. The van der Waals surface area contributed by atoms with Gasteiger partial charge in [0.2, 0.25) is 0 Å². The number of anilines is 3. The molecule has 4 heteroatoms. The van der Waals surface area contributed by atoms with Crippen LogP contribution in [0.2, 0.25) is 0 Å². The molecule has 0 saturated heterocycles. The minimum absolute atomic E-state index is 0.669. The molecule has 21 heavy (non-hydrogen) atoms. The van der Waals surface area contributed by atoms with Crippen molar-refractivity contribution in [2.75, 3.05) is 48.8 Å². The van der Waals surface area contributed by atoms with Gasteiger partial charge in [-0.1, -0.05) is 12.1 Å². The highest BCUT2D eigenvalue weighted by atomic mass is 16.5. The van der Waals surface area contributed by atoms with Crippen LogP contribution in [0, 0.1) is 0 Å². The standard InChI is InChI=1S/C17H21N3O/c1-19-10-11-20(17-5-3-2-4-16(17)19)12-13-21-15-8-6-14(18)7-9-15/h2-9H,10-13,18H2,1H3. The molecule has 0 aromatic heterocycles. The first-order valence-corrected chi connectivity index (χ1v) is 7.27. The van der Waals surface area contributed by atoms with Gasteiger partial charge < -0.3 is 20.3 Å². The molecule has 0 fully saturated rings. The monoisotopic (exact) mass is 283 g/mol. The van der Waals surface area contributed by atoms with E-state index in [9.17, 15) is 0 Å². The van der Waals surface area contributed by atoms with E-state index in [2.05, 4.69) is 41.1 Å². The third-order valence-corrected chi connectivity index (χ3v) is 3.85. The molecule has 0 saturated carbocycles. The predicted molar refractivity (Wildman–Crippen MR) is 88.3 cm³/mol. The Hall–Kier alpha value is -2.36. The maximum Gasteiger partial charge on any atom is 0.119 e. The van der Waals surface area contributed by atoms with Crippen LogP contribution in [0.1, 0.15) is 0 Å². The Morgan fingerprint density at radius 1 is 1.00 bits per heavy atom. The highest BCUT2D eigenvalue weighted by molar-refractivity contribution is 5.73. The van der Waals surface area contributed by atoms with Gasteiger partial charge in [-0.2, -0.15) is 0 Å². The molecule has 0 atom stereocenters. The maximum absolute atomic E-state index is 5.79. The number of rotatable bonds is 4. The fourth-order valence-corrected chi connectivity index (χ4v) is 2.64. The minimum atomic E-state index is 0.669.